The highest BCUT2D eigenvalue weighted by Crippen LogP contribution is 2.23. The van der Waals surface area contributed by atoms with E-state index < -0.39 is 11.5 Å². The summed E-state index contributed by atoms with van der Waals surface area (Å²) in [5.74, 6) is -1.07. The molecule has 0 saturated carbocycles. The molecule has 0 radical (unpaired) electrons. The summed E-state index contributed by atoms with van der Waals surface area (Å²) < 4.78 is 0. The van der Waals surface area contributed by atoms with Crippen molar-refractivity contribution in [2.75, 3.05) is 0 Å². The Bertz CT molecular complexity index is 374. The SMILES string of the molecule is Cc1ccc([C@](C)(N)C(=O)O)cc1Cl. The first-order valence-electron chi connectivity index (χ1n) is 4.14. The molecule has 0 amide bonds. The maximum atomic E-state index is 10.8. The van der Waals surface area contributed by atoms with Crippen molar-refractivity contribution in [3.8, 4) is 0 Å². The number of aliphatic carboxylic acids is 1. The second-order valence-electron chi connectivity index (χ2n) is 3.47. The Morgan fingerprint density at radius 3 is 2.57 bits per heavy atom. The van der Waals surface area contributed by atoms with Gasteiger partial charge < -0.3 is 10.8 Å². The summed E-state index contributed by atoms with van der Waals surface area (Å²) in [5.41, 5.74) is 5.65. The van der Waals surface area contributed by atoms with E-state index in [-0.39, 0.29) is 0 Å². The minimum absolute atomic E-state index is 0.501. The van der Waals surface area contributed by atoms with Gasteiger partial charge in [-0.25, -0.2) is 4.79 Å². The third-order valence-electron chi connectivity index (χ3n) is 2.22. The molecule has 0 aromatic heterocycles. The predicted molar refractivity (Wildman–Crippen MR) is 55.4 cm³/mol. The second kappa shape index (κ2) is 3.59. The van der Waals surface area contributed by atoms with Crippen LogP contribution in [-0.4, -0.2) is 11.1 Å². The fraction of sp³-hybridized carbons (Fsp3) is 0.300. The van der Waals surface area contributed by atoms with E-state index in [1.54, 1.807) is 18.2 Å². The van der Waals surface area contributed by atoms with Crippen molar-refractivity contribution in [3.63, 3.8) is 0 Å². The van der Waals surface area contributed by atoms with Gasteiger partial charge in [-0.2, -0.15) is 0 Å². The average Bonchev–Trinajstić information content (AvgIpc) is 2.09. The van der Waals surface area contributed by atoms with Crippen molar-refractivity contribution in [1.82, 2.24) is 0 Å². The molecule has 0 unspecified atom stereocenters. The van der Waals surface area contributed by atoms with Crippen LogP contribution in [0, 0.1) is 6.92 Å². The lowest BCUT2D eigenvalue weighted by atomic mass is 9.93. The summed E-state index contributed by atoms with van der Waals surface area (Å²) in [6.45, 7) is 3.29. The second-order valence-corrected chi connectivity index (χ2v) is 3.88. The molecule has 76 valence electrons. The molecule has 0 aliphatic heterocycles. The monoisotopic (exact) mass is 213 g/mol. The average molecular weight is 214 g/mol. The Morgan fingerprint density at radius 2 is 2.14 bits per heavy atom. The van der Waals surface area contributed by atoms with Crippen LogP contribution < -0.4 is 5.73 Å². The Hall–Kier alpha value is -1.06. The van der Waals surface area contributed by atoms with E-state index in [1.807, 2.05) is 6.92 Å². The van der Waals surface area contributed by atoms with Crippen LogP contribution in [0.4, 0.5) is 0 Å². The maximum Gasteiger partial charge on any atom is 0.328 e. The van der Waals surface area contributed by atoms with Gasteiger partial charge in [-0.3, -0.25) is 0 Å². The molecule has 0 saturated heterocycles. The molecule has 14 heavy (non-hydrogen) atoms. The molecule has 1 aromatic carbocycles. The maximum absolute atomic E-state index is 10.8. The Kier molecular flexibility index (Phi) is 2.83. The van der Waals surface area contributed by atoms with Gasteiger partial charge in [0.25, 0.3) is 0 Å². The van der Waals surface area contributed by atoms with Gasteiger partial charge in [-0.05, 0) is 31.0 Å². The standard InChI is InChI=1S/C10H12ClNO2/c1-6-3-4-7(5-8(6)11)10(2,12)9(13)14/h3-5H,12H2,1-2H3,(H,13,14)/t10-/m0/s1. The lowest BCUT2D eigenvalue weighted by Crippen LogP contribution is -2.41. The summed E-state index contributed by atoms with van der Waals surface area (Å²) in [4.78, 5) is 10.8. The van der Waals surface area contributed by atoms with E-state index >= 15 is 0 Å². The molecule has 4 heteroatoms. The zero-order valence-electron chi connectivity index (χ0n) is 8.04. The summed E-state index contributed by atoms with van der Waals surface area (Å²) in [6, 6.07) is 5.02. The highest BCUT2D eigenvalue weighted by Gasteiger charge is 2.30. The number of hydrogen-bond acceptors (Lipinski definition) is 2. The molecule has 3 nitrogen and oxygen atoms in total. The zero-order chi connectivity index (χ0) is 10.9. The van der Waals surface area contributed by atoms with Gasteiger partial charge in [-0.15, -0.1) is 0 Å². The van der Waals surface area contributed by atoms with E-state index in [0.717, 1.165) is 5.56 Å². The molecule has 1 aromatic rings. The molecular weight excluding hydrogens is 202 g/mol. The number of carboxylic acid groups (broad SMARTS) is 1. The van der Waals surface area contributed by atoms with Crippen molar-refractivity contribution >= 4 is 17.6 Å². The first-order valence-corrected chi connectivity index (χ1v) is 4.52. The minimum Gasteiger partial charge on any atom is -0.480 e. The topological polar surface area (TPSA) is 63.3 Å². The molecular formula is C10H12ClNO2. The Morgan fingerprint density at radius 1 is 1.57 bits per heavy atom. The lowest BCUT2D eigenvalue weighted by Gasteiger charge is -2.20. The van der Waals surface area contributed by atoms with Gasteiger partial charge in [0.1, 0.15) is 5.54 Å². The fourth-order valence-electron chi connectivity index (χ4n) is 1.04. The summed E-state index contributed by atoms with van der Waals surface area (Å²) in [6.07, 6.45) is 0. The van der Waals surface area contributed by atoms with Crippen LogP contribution in [0.25, 0.3) is 0 Å². The quantitative estimate of drug-likeness (QED) is 0.789. The van der Waals surface area contributed by atoms with E-state index in [2.05, 4.69) is 0 Å². The molecule has 0 aliphatic rings. The smallest absolute Gasteiger partial charge is 0.328 e. The largest absolute Gasteiger partial charge is 0.480 e. The zero-order valence-corrected chi connectivity index (χ0v) is 8.80. The van der Waals surface area contributed by atoms with Gasteiger partial charge in [-0.1, -0.05) is 23.7 Å². The van der Waals surface area contributed by atoms with Crippen LogP contribution in [0.15, 0.2) is 18.2 Å². The third-order valence-corrected chi connectivity index (χ3v) is 2.62. The van der Waals surface area contributed by atoms with Crippen molar-refractivity contribution < 1.29 is 9.90 Å². The number of aryl methyl sites for hydroxylation is 1. The van der Waals surface area contributed by atoms with Gasteiger partial charge in [0, 0.05) is 5.02 Å². The van der Waals surface area contributed by atoms with Crippen molar-refractivity contribution in [1.29, 1.82) is 0 Å². The van der Waals surface area contributed by atoms with Crippen LogP contribution in [0.2, 0.25) is 5.02 Å². The number of halogens is 1. The number of benzene rings is 1. The van der Waals surface area contributed by atoms with Crippen LogP contribution in [0.3, 0.4) is 0 Å². The van der Waals surface area contributed by atoms with E-state index in [4.69, 9.17) is 22.4 Å². The van der Waals surface area contributed by atoms with E-state index in [0.29, 0.717) is 10.6 Å². The van der Waals surface area contributed by atoms with Gasteiger partial charge in [0.2, 0.25) is 0 Å². The number of carbonyl (C=O) groups is 1. The van der Waals surface area contributed by atoms with Gasteiger partial charge >= 0.3 is 5.97 Å². The number of hydrogen-bond donors (Lipinski definition) is 2. The van der Waals surface area contributed by atoms with Gasteiger partial charge in [0.05, 0.1) is 0 Å². The lowest BCUT2D eigenvalue weighted by molar-refractivity contribution is -0.143. The van der Waals surface area contributed by atoms with Gasteiger partial charge in [0.15, 0.2) is 0 Å². The number of rotatable bonds is 2. The minimum atomic E-state index is -1.39. The molecule has 0 fully saturated rings. The Labute approximate surface area is 87.5 Å². The molecule has 0 aliphatic carbocycles. The third kappa shape index (κ3) is 1.89. The normalized spacial score (nSPS) is 14.9. The molecule has 1 rings (SSSR count). The Balaban J connectivity index is 3.21. The van der Waals surface area contributed by atoms with E-state index in [9.17, 15) is 4.79 Å². The van der Waals surface area contributed by atoms with E-state index in [1.165, 1.54) is 6.92 Å². The highest BCUT2D eigenvalue weighted by molar-refractivity contribution is 6.31. The summed E-state index contributed by atoms with van der Waals surface area (Å²) in [7, 11) is 0. The van der Waals surface area contributed by atoms with Crippen molar-refractivity contribution in [2.24, 2.45) is 5.73 Å². The fourth-order valence-corrected chi connectivity index (χ4v) is 1.22. The molecule has 0 bridgehead atoms. The summed E-state index contributed by atoms with van der Waals surface area (Å²) >= 11 is 5.88. The highest BCUT2D eigenvalue weighted by atomic mass is 35.5. The molecule has 3 N–H and O–H groups in total. The van der Waals surface area contributed by atoms with Crippen molar-refractivity contribution in [3.05, 3.63) is 34.3 Å². The van der Waals surface area contributed by atoms with Crippen molar-refractivity contribution in [2.45, 2.75) is 19.4 Å². The van der Waals surface area contributed by atoms with Crippen LogP contribution in [0.5, 0.6) is 0 Å². The number of nitrogens with two attached hydrogens (primary N) is 1. The molecule has 0 heterocycles. The molecule has 0 spiro atoms. The van der Waals surface area contributed by atoms with Crippen LogP contribution >= 0.6 is 11.6 Å². The number of carboxylic acids is 1. The van der Waals surface area contributed by atoms with Crippen LogP contribution in [0.1, 0.15) is 18.1 Å². The first kappa shape index (κ1) is 11.0. The summed E-state index contributed by atoms with van der Waals surface area (Å²) in [5, 5.41) is 9.41. The van der Waals surface area contributed by atoms with Crippen LogP contribution in [-0.2, 0) is 10.3 Å². The predicted octanol–water partition coefficient (Wildman–Crippen LogP) is 1.91. The molecule has 1 atom stereocenters. The first-order chi connectivity index (χ1) is 6.35.